The van der Waals surface area contributed by atoms with E-state index in [4.69, 9.17) is 17.3 Å². The van der Waals surface area contributed by atoms with Crippen molar-refractivity contribution < 1.29 is 17.9 Å². The molecule has 1 aromatic rings. The van der Waals surface area contributed by atoms with Gasteiger partial charge in [0.25, 0.3) is 0 Å². The third kappa shape index (κ3) is 4.35. The molecule has 5 nitrogen and oxygen atoms in total. The third-order valence-corrected chi connectivity index (χ3v) is 5.85. The van der Waals surface area contributed by atoms with E-state index < -0.39 is 15.3 Å². The number of anilines is 1. The number of hydrogen-bond acceptors (Lipinski definition) is 5. The van der Waals surface area contributed by atoms with Gasteiger partial charge in [0.15, 0.2) is 9.84 Å². The Morgan fingerprint density at radius 1 is 1.43 bits per heavy atom. The van der Waals surface area contributed by atoms with Gasteiger partial charge < -0.3 is 10.5 Å². The summed E-state index contributed by atoms with van der Waals surface area (Å²) in [5.41, 5.74) is 6.16. The topological polar surface area (TPSA) is 86.5 Å². The first kappa shape index (κ1) is 16.1. The molecule has 2 rings (SSSR count). The molecule has 0 bridgehead atoms. The van der Waals surface area contributed by atoms with Crippen LogP contribution >= 0.6 is 11.6 Å². The average molecular weight is 332 g/mol. The maximum absolute atomic E-state index is 12.3. The molecular formula is C14H18ClNO4S. The van der Waals surface area contributed by atoms with Crippen LogP contribution in [0.5, 0.6) is 0 Å². The first-order chi connectivity index (χ1) is 9.75. The van der Waals surface area contributed by atoms with E-state index in [1.54, 1.807) is 18.2 Å². The number of nitrogen functional groups attached to an aromatic ring is 1. The van der Waals surface area contributed by atoms with Gasteiger partial charge in [0.1, 0.15) is 0 Å². The van der Waals surface area contributed by atoms with E-state index in [-0.39, 0.29) is 23.9 Å². The number of sulfone groups is 1. The molecule has 2 N–H and O–H groups in total. The van der Waals surface area contributed by atoms with E-state index in [1.807, 2.05) is 0 Å². The molecule has 1 aromatic carbocycles. The van der Waals surface area contributed by atoms with Gasteiger partial charge in [-0.15, -0.1) is 0 Å². The molecule has 1 aliphatic rings. The van der Waals surface area contributed by atoms with Crippen molar-refractivity contribution in [3.05, 3.63) is 28.8 Å². The summed E-state index contributed by atoms with van der Waals surface area (Å²) in [7, 11) is -2.07. The fourth-order valence-corrected chi connectivity index (χ4v) is 4.79. The molecule has 0 amide bonds. The third-order valence-electron chi connectivity index (χ3n) is 3.68. The largest absolute Gasteiger partial charge is 0.469 e. The van der Waals surface area contributed by atoms with Crippen LogP contribution in [-0.4, -0.2) is 27.2 Å². The Morgan fingerprint density at radius 2 is 2.10 bits per heavy atom. The maximum atomic E-state index is 12.3. The lowest BCUT2D eigenvalue weighted by Gasteiger charge is -2.14. The highest BCUT2D eigenvalue weighted by Gasteiger charge is 2.47. The van der Waals surface area contributed by atoms with Gasteiger partial charge in [-0.2, -0.15) is 0 Å². The van der Waals surface area contributed by atoms with E-state index in [9.17, 15) is 13.2 Å². The molecule has 0 spiro atoms. The zero-order valence-corrected chi connectivity index (χ0v) is 13.3. The fraction of sp³-hybridized carbons (Fsp3) is 0.500. The van der Waals surface area contributed by atoms with Crippen LogP contribution < -0.4 is 5.73 Å². The highest BCUT2D eigenvalue weighted by atomic mass is 35.5. The minimum absolute atomic E-state index is 0.0276. The fourth-order valence-electron chi connectivity index (χ4n) is 2.39. The first-order valence-electron chi connectivity index (χ1n) is 6.56. The van der Waals surface area contributed by atoms with Gasteiger partial charge in [0.2, 0.25) is 0 Å². The average Bonchev–Trinajstić information content (AvgIpc) is 3.11. The smallest absolute Gasteiger partial charge is 0.306 e. The molecule has 1 saturated carbocycles. The maximum Gasteiger partial charge on any atom is 0.306 e. The Kier molecular flexibility index (Phi) is 4.49. The van der Waals surface area contributed by atoms with Crippen LogP contribution in [0.2, 0.25) is 5.02 Å². The number of methoxy groups -OCH3 is 1. The van der Waals surface area contributed by atoms with Crippen molar-refractivity contribution in [2.75, 3.05) is 18.6 Å². The molecule has 0 heterocycles. The number of esters is 1. The Morgan fingerprint density at radius 3 is 2.67 bits per heavy atom. The summed E-state index contributed by atoms with van der Waals surface area (Å²) in [6.45, 7) is 0. The Balaban J connectivity index is 2.09. The summed E-state index contributed by atoms with van der Waals surface area (Å²) in [5.74, 6) is -0.565. The summed E-state index contributed by atoms with van der Waals surface area (Å²) in [6.07, 6.45) is 1.60. The number of carbonyl (C=O) groups excluding carboxylic acids is 1. The van der Waals surface area contributed by atoms with E-state index in [2.05, 4.69) is 4.74 Å². The van der Waals surface area contributed by atoms with Crippen LogP contribution in [0, 0.1) is 5.41 Å². The lowest BCUT2D eigenvalue weighted by atomic mass is 10.1. The minimum Gasteiger partial charge on any atom is -0.469 e. The van der Waals surface area contributed by atoms with Crippen LogP contribution in [0.15, 0.2) is 18.2 Å². The second-order valence-electron chi connectivity index (χ2n) is 5.64. The number of benzene rings is 1. The van der Waals surface area contributed by atoms with Crippen LogP contribution in [-0.2, 0) is 25.1 Å². The predicted octanol–water partition coefficient (Wildman–Crippen LogP) is 2.18. The lowest BCUT2D eigenvalue weighted by molar-refractivity contribution is -0.141. The van der Waals surface area contributed by atoms with Gasteiger partial charge in [0.05, 0.1) is 25.0 Å². The van der Waals surface area contributed by atoms with Crippen LogP contribution in [0.4, 0.5) is 5.69 Å². The van der Waals surface area contributed by atoms with Gasteiger partial charge in [-0.25, -0.2) is 8.42 Å². The zero-order chi connectivity index (χ0) is 15.7. The molecule has 116 valence electrons. The summed E-state index contributed by atoms with van der Waals surface area (Å²) in [4.78, 5) is 11.4. The molecule has 0 radical (unpaired) electrons. The first-order valence-corrected chi connectivity index (χ1v) is 8.76. The Hall–Kier alpha value is -1.27. The van der Waals surface area contributed by atoms with Crippen molar-refractivity contribution in [2.24, 2.45) is 5.41 Å². The number of halogens is 1. The van der Waals surface area contributed by atoms with Crippen LogP contribution in [0.1, 0.15) is 24.8 Å². The second kappa shape index (κ2) is 5.85. The second-order valence-corrected chi connectivity index (χ2v) is 8.11. The van der Waals surface area contributed by atoms with Crippen molar-refractivity contribution in [1.82, 2.24) is 0 Å². The van der Waals surface area contributed by atoms with Gasteiger partial charge >= 0.3 is 5.97 Å². The number of carbonyl (C=O) groups is 1. The zero-order valence-electron chi connectivity index (χ0n) is 11.8. The molecule has 7 heteroatoms. The highest BCUT2D eigenvalue weighted by Crippen LogP contribution is 2.50. The summed E-state index contributed by atoms with van der Waals surface area (Å²) in [5, 5.41) is 0.380. The molecular weight excluding hydrogens is 314 g/mol. The van der Waals surface area contributed by atoms with Gasteiger partial charge in [-0.1, -0.05) is 11.6 Å². The quantitative estimate of drug-likeness (QED) is 0.637. The van der Waals surface area contributed by atoms with E-state index >= 15 is 0 Å². The van der Waals surface area contributed by atoms with Crippen molar-refractivity contribution in [2.45, 2.75) is 25.0 Å². The van der Waals surface area contributed by atoms with Crippen molar-refractivity contribution in [3.63, 3.8) is 0 Å². The van der Waals surface area contributed by atoms with Crippen LogP contribution in [0.3, 0.4) is 0 Å². The molecule has 21 heavy (non-hydrogen) atoms. The molecule has 1 fully saturated rings. The Bertz CT molecular complexity index is 653. The SMILES string of the molecule is COC(=O)CC1(CS(=O)(=O)Cc2cc(N)ccc2Cl)CC1. The molecule has 0 unspecified atom stereocenters. The van der Waals surface area contributed by atoms with Crippen molar-refractivity contribution >= 4 is 33.1 Å². The van der Waals surface area contributed by atoms with E-state index in [1.165, 1.54) is 7.11 Å². The summed E-state index contributed by atoms with van der Waals surface area (Å²) in [6, 6.07) is 4.78. The number of ether oxygens (including phenoxy) is 1. The molecule has 0 aromatic heterocycles. The highest BCUT2D eigenvalue weighted by molar-refractivity contribution is 7.90. The summed E-state index contributed by atoms with van der Waals surface area (Å²) < 4.78 is 29.3. The molecule has 0 atom stereocenters. The monoisotopic (exact) mass is 331 g/mol. The molecule has 0 aliphatic heterocycles. The number of hydrogen-bond donors (Lipinski definition) is 1. The molecule has 1 aliphatic carbocycles. The standard InChI is InChI=1S/C14H18ClNO4S/c1-20-13(17)7-14(4-5-14)9-21(18,19)8-10-6-11(16)2-3-12(10)15/h2-3,6H,4-5,7-9,16H2,1H3. The van der Waals surface area contributed by atoms with Crippen LogP contribution in [0.25, 0.3) is 0 Å². The predicted molar refractivity (Wildman–Crippen MR) is 81.7 cm³/mol. The van der Waals surface area contributed by atoms with Gasteiger partial charge in [0, 0.05) is 10.7 Å². The van der Waals surface area contributed by atoms with E-state index in [0.29, 0.717) is 16.3 Å². The van der Waals surface area contributed by atoms with Crippen molar-refractivity contribution in [3.8, 4) is 0 Å². The minimum atomic E-state index is -3.37. The number of rotatable bonds is 6. The normalized spacial score (nSPS) is 16.5. The number of nitrogens with two attached hydrogens (primary N) is 1. The Labute approximate surface area is 129 Å². The van der Waals surface area contributed by atoms with E-state index in [0.717, 1.165) is 12.8 Å². The lowest BCUT2D eigenvalue weighted by Crippen LogP contribution is -2.22. The van der Waals surface area contributed by atoms with Gasteiger partial charge in [-0.3, -0.25) is 4.79 Å². The summed E-state index contributed by atoms with van der Waals surface area (Å²) >= 11 is 6.00. The van der Waals surface area contributed by atoms with Gasteiger partial charge in [-0.05, 0) is 42.0 Å². The molecule has 0 saturated heterocycles. The van der Waals surface area contributed by atoms with Crippen molar-refractivity contribution in [1.29, 1.82) is 0 Å².